The zero-order chi connectivity index (χ0) is 15.3. The largest absolute Gasteiger partial charge is 0.306 e. The first kappa shape index (κ1) is 14.0. The van der Waals surface area contributed by atoms with Gasteiger partial charge in [-0.2, -0.15) is 0 Å². The van der Waals surface area contributed by atoms with Crippen LogP contribution in [0, 0.1) is 19.8 Å². The van der Waals surface area contributed by atoms with Gasteiger partial charge in [0.25, 0.3) is 0 Å². The Kier molecular flexibility index (Phi) is 3.34. The summed E-state index contributed by atoms with van der Waals surface area (Å²) in [6.45, 7) is 6.84. The third-order valence-electron chi connectivity index (χ3n) is 5.71. The molecule has 2 aromatic carbocycles. The van der Waals surface area contributed by atoms with E-state index in [2.05, 4.69) is 68.3 Å². The molecule has 3 atom stereocenters. The molecule has 2 aliphatic rings. The second kappa shape index (κ2) is 5.24. The lowest BCUT2D eigenvalue weighted by atomic mass is 9.78. The van der Waals surface area contributed by atoms with Gasteiger partial charge in [0, 0.05) is 18.4 Å². The average molecular weight is 291 g/mol. The van der Waals surface area contributed by atoms with Gasteiger partial charge in [-0.1, -0.05) is 53.6 Å². The summed E-state index contributed by atoms with van der Waals surface area (Å²) in [4.78, 5) is 2.50. The van der Waals surface area contributed by atoms with Gasteiger partial charge in [-0.3, -0.25) is 0 Å². The molecule has 1 saturated heterocycles. The van der Waals surface area contributed by atoms with Crippen molar-refractivity contribution < 1.29 is 0 Å². The second-order valence-corrected chi connectivity index (χ2v) is 7.34. The van der Waals surface area contributed by atoms with Crippen molar-refractivity contribution in [2.45, 2.75) is 32.1 Å². The molecular formula is C21H25N. The molecule has 1 heteroatoms. The summed E-state index contributed by atoms with van der Waals surface area (Å²) in [5, 5.41) is 0. The van der Waals surface area contributed by atoms with E-state index >= 15 is 0 Å². The van der Waals surface area contributed by atoms with Gasteiger partial charge in [-0.25, -0.2) is 0 Å². The number of fused-ring (bicyclic) bond motifs is 3. The summed E-state index contributed by atoms with van der Waals surface area (Å²) in [6, 6.07) is 16.4. The van der Waals surface area contributed by atoms with Crippen LogP contribution in [0.15, 0.2) is 42.5 Å². The Balaban J connectivity index is 1.83. The average Bonchev–Trinajstić information content (AvgIpc) is 2.81. The molecule has 114 valence electrons. The SMILES string of the molecule is Cc1ccc([C@H]2c3cc(C)ccc3[C@H]3CN(C)CC[C@@H]23)cc1. The van der Waals surface area contributed by atoms with Crippen molar-refractivity contribution in [2.75, 3.05) is 20.1 Å². The molecule has 0 amide bonds. The maximum absolute atomic E-state index is 2.50. The second-order valence-electron chi connectivity index (χ2n) is 7.34. The molecule has 1 fully saturated rings. The van der Waals surface area contributed by atoms with Crippen LogP contribution < -0.4 is 0 Å². The number of likely N-dealkylation sites (N-methyl/N-ethyl adjacent to an activating group) is 1. The Morgan fingerprint density at radius 1 is 0.909 bits per heavy atom. The minimum atomic E-state index is 0.592. The smallest absolute Gasteiger partial charge is 0.0127 e. The number of rotatable bonds is 1. The zero-order valence-electron chi connectivity index (χ0n) is 13.8. The van der Waals surface area contributed by atoms with Crippen molar-refractivity contribution in [1.82, 2.24) is 4.90 Å². The van der Waals surface area contributed by atoms with Crippen molar-refractivity contribution in [3.63, 3.8) is 0 Å². The highest BCUT2D eigenvalue weighted by Crippen LogP contribution is 2.53. The van der Waals surface area contributed by atoms with E-state index in [9.17, 15) is 0 Å². The van der Waals surface area contributed by atoms with E-state index in [1.807, 2.05) is 0 Å². The Labute approximate surface area is 134 Å². The van der Waals surface area contributed by atoms with Gasteiger partial charge < -0.3 is 4.90 Å². The van der Waals surface area contributed by atoms with E-state index in [4.69, 9.17) is 0 Å². The van der Waals surface area contributed by atoms with E-state index < -0.39 is 0 Å². The Hall–Kier alpha value is -1.60. The standard InChI is InChI=1S/C21H25N/c1-14-4-7-16(8-5-14)21-18-10-11-22(3)13-20(18)17-9-6-15(2)12-19(17)21/h4-9,12,18,20-21H,10-11,13H2,1-3H3/t18-,20-,21-/m1/s1. The van der Waals surface area contributed by atoms with Crippen LogP contribution in [0.1, 0.15) is 46.1 Å². The Morgan fingerprint density at radius 2 is 1.64 bits per heavy atom. The van der Waals surface area contributed by atoms with Crippen LogP contribution in [0.2, 0.25) is 0 Å². The van der Waals surface area contributed by atoms with Crippen molar-refractivity contribution >= 4 is 0 Å². The van der Waals surface area contributed by atoms with E-state index in [0.29, 0.717) is 11.8 Å². The topological polar surface area (TPSA) is 3.24 Å². The minimum Gasteiger partial charge on any atom is -0.306 e. The third kappa shape index (κ3) is 2.19. The molecule has 0 spiro atoms. The first-order valence-corrected chi connectivity index (χ1v) is 8.49. The normalized spacial score (nSPS) is 27.5. The maximum atomic E-state index is 2.50. The van der Waals surface area contributed by atoms with E-state index in [1.54, 1.807) is 11.1 Å². The molecule has 0 N–H and O–H groups in total. The maximum Gasteiger partial charge on any atom is 0.0127 e. The van der Waals surface area contributed by atoms with Crippen LogP contribution in [0.25, 0.3) is 0 Å². The van der Waals surface area contributed by atoms with Gasteiger partial charge in [-0.05, 0) is 56.5 Å². The molecule has 4 rings (SSSR count). The molecule has 1 aliphatic carbocycles. The van der Waals surface area contributed by atoms with E-state index in [-0.39, 0.29) is 0 Å². The van der Waals surface area contributed by atoms with Crippen LogP contribution >= 0.6 is 0 Å². The van der Waals surface area contributed by atoms with Crippen molar-refractivity contribution in [3.05, 3.63) is 70.3 Å². The van der Waals surface area contributed by atoms with Gasteiger partial charge >= 0.3 is 0 Å². The molecule has 1 heterocycles. The minimum absolute atomic E-state index is 0.592. The highest BCUT2D eigenvalue weighted by atomic mass is 15.1. The predicted molar refractivity (Wildman–Crippen MR) is 92.5 cm³/mol. The quantitative estimate of drug-likeness (QED) is 0.748. The molecule has 1 aliphatic heterocycles. The summed E-state index contributed by atoms with van der Waals surface area (Å²) in [6.07, 6.45) is 1.31. The zero-order valence-corrected chi connectivity index (χ0v) is 13.8. The predicted octanol–water partition coefficient (Wildman–Crippen LogP) is 4.48. The van der Waals surface area contributed by atoms with Crippen LogP contribution in [0.4, 0.5) is 0 Å². The van der Waals surface area contributed by atoms with Gasteiger partial charge in [0.05, 0.1) is 0 Å². The number of nitrogens with zero attached hydrogens (tertiary/aromatic N) is 1. The van der Waals surface area contributed by atoms with Crippen LogP contribution in [0.5, 0.6) is 0 Å². The van der Waals surface area contributed by atoms with Crippen molar-refractivity contribution in [3.8, 4) is 0 Å². The Bertz CT molecular complexity index is 686. The molecular weight excluding hydrogens is 266 g/mol. The van der Waals surface area contributed by atoms with Gasteiger partial charge in [0.1, 0.15) is 0 Å². The highest BCUT2D eigenvalue weighted by molar-refractivity contribution is 5.48. The molecule has 2 aromatic rings. The summed E-state index contributed by atoms with van der Waals surface area (Å²) in [7, 11) is 2.27. The van der Waals surface area contributed by atoms with Gasteiger partial charge in [0.15, 0.2) is 0 Å². The first-order chi connectivity index (χ1) is 10.6. The number of likely N-dealkylation sites (tertiary alicyclic amines) is 1. The number of hydrogen-bond acceptors (Lipinski definition) is 1. The summed E-state index contributed by atoms with van der Waals surface area (Å²) in [5.41, 5.74) is 7.45. The molecule has 0 unspecified atom stereocenters. The van der Waals surface area contributed by atoms with Crippen LogP contribution in [0.3, 0.4) is 0 Å². The molecule has 0 saturated carbocycles. The molecule has 0 aromatic heterocycles. The monoisotopic (exact) mass is 291 g/mol. The van der Waals surface area contributed by atoms with Gasteiger partial charge in [-0.15, -0.1) is 0 Å². The fraction of sp³-hybridized carbons (Fsp3) is 0.429. The number of hydrogen-bond donors (Lipinski definition) is 0. The summed E-state index contributed by atoms with van der Waals surface area (Å²) in [5.74, 6) is 2.07. The first-order valence-electron chi connectivity index (χ1n) is 8.49. The van der Waals surface area contributed by atoms with Crippen molar-refractivity contribution in [1.29, 1.82) is 0 Å². The number of benzene rings is 2. The van der Waals surface area contributed by atoms with Crippen LogP contribution in [-0.2, 0) is 0 Å². The highest BCUT2D eigenvalue weighted by Gasteiger charge is 2.43. The summed E-state index contributed by atoms with van der Waals surface area (Å²) >= 11 is 0. The number of aryl methyl sites for hydroxylation is 2. The third-order valence-corrected chi connectivity index (χ3v) is 5.71. The molecule has 22 heavy (non-hydrogen) atoms. The Morgan fingerprint density at radius 3 is 2.41 bits per heavy atom. The van der Waals surface area contributed by atoms with Gasteiger partial charge in [0.2, 0.25) is 0 Å². The lowest BCUT2D eigenvalue weighted by Crippen LogP contribution is -2.36. The molecule has 0 bridgehead atoms. The lowest BCUT2D eigenvalue weighted by molar-refractivity contribution is 0.191. The van der Waals surface area contributed by atoms with Crippen LogP contribution in [-0.4, -0.2) is 25.0 Å². The lowest BCUT2D eigenvalue weighted by Gasteiger charge is -2.35. The van der Waals surface area contributed by atoms with Crippen molar-refractivity contribution in [2.24, 2.45) is 5.92 Å². The number of piperidine rings is 1. The fourth-order valence-electron chi connectivity index (χ4n) is 4.59. The fourth-order valence-corrected chi connectivity index (χ4v) is 4.59. The summed E-state index contributed by atoms with van der Waals surface area (Å²) < 4.78 is 0. The molecule has 1 nitrogen and oxygen atoms in total. The van der Waals surface area contributed by atoms with E-state index in [0.717, 1.165) is 5.92 Å². The van der Waals surface area contributed by atoms with E-state index in [1.165, 1.54) is 36.2 Å². The molecule has 0 radical (unpaired) electrons.